The van der Waals surface area contributed by atoms with E-state index in [2.05, 4.69) is 19.9 Å². The van der Waals surface area contributed by atoms with Crippen LogP contribution in [0.3, 0.4) is 0 Å². The fraction of sp³-hybridized carbons (Fsp3) is 0.500. The first-order valence-electron chi connectivity index (χ1n) is 11.2. The molecule has 0 atom stereocenters. The summed E-state index contributed by atoms with van der Waals surface area (Å²) in [6.07, 6.45) is 4.45. The summed E-state index contributed by atoms with van der Waals surface area (Å²) in [6.45, 7) is 3.47. The van der Waals surface area contributed by atoms with Crippen LogP contribution in [0, 0.1) is 6.92 Å². The Morgan fingerprint density at radius 3 is 2.64 bits per heavy atom. The van der Waals surface area contributed by atoms with Crippen molar-refractivity contribution in [3.8, 4) is 11.4 Å². The number of nitrogens with zero attached hydrogens (tertiary/aromatic N) is 5. The van der Waals surface area contributed by atoms with Gasteiger partial charge in [-0.1, -0.05) is 41.9 Å². The lowest BCUT2D eigenvalue weighted by Crippen LogP contribution is -2.40. The molecular weight excluding hydrogens is 462 g/mol. The third-order valence-corrected chi connectivity index (χ3v) is 8.93. The van der Waals surface area contributed by atoms with Crippen LogP contribution in [0.4, 0.5) is 0 Å². The quantitative estimate of drug-likeness (QED) is 0.463. The lowest BCUT2D eigenvalue weighted by Gasteiger charge is -2.26. The average molecular weight is 490 g/mol. The van der Waals surface area contributed by atoms with Crippen LogP contribution < -0.4 is 0 Å². The maximum absolute atomic E-state index is 13.2. The summed E-state index contributed by atoms with van der Waals surface area (Å²) < 4.78 is 40.7. The lowest BCUT2D eigenvalue weighted by molar-refractivity contribution is 0.0730. The second-order valence-electron chi connectivity index (χ2n) is 8.38. The fourth-order valence-corrected chi connectivity index (χ4v) is 6.75. The molecule has 3 aromatic rings. The van der Waals surface area contributed by atoms with E-state index in [1.807, 2.05) is 19.1 Å². The van der Waals surface area contributed by atoms with Crippen molar-refractivity contribution in [3.05, 3.63) is 41.8 Å². The van der Waals surface area contributed by atoms with Gasteiger partial charge in [-0.25, -0.2) is 8.42 Å². The van der Waals surface area contributed by atoms with E-state index in [0.29, 0.717) is 43.9 Å². The molecule has 3 heterocycles. The van der Waals surface area contributed by atoms with Crippen LogP contribution in [-0.2, 0) is 20.5 Å². The number of thioether (sulfide) groups is 1. The van der Waals surface area contributed by atoms with Gasteiger partial charge in [-0.15, -0.1) is 10.2 Å². The van der Waals surface area contributed by atoms with Crippen LogP contribution >= 0.6 is 11.8 Å². The molecule has 0 unspecified atom stereocenters. The summed E-state index contributed by atoms with van der Waals surface area (Å²) in [7, 11) is -3.59. The number of aryl methyl sites for hydroxylation is 1. The Hall–Kier alpha value is -2.21. The van der Waals surface area contributed by atoms with Crippen molar-refractivity contribution in [3.63, 3.8) is 0 Å². The Labute approximate surface area is 197 Å². The molecule has 0 radical (unpaired) electrons. The van der Waals surface area contributed by atoms with E-state index >= 15 is 0 Å². The molecule has 1 saturated carbocycles. The Bertz CT molecular complexity index is 1210. The summed E-state index contributed by atoms with van der Waals surface area (Å²) in [6, 6.07) is 9.27. The van der Waals surface area contributed by atoms with Crippen molar-refractivity contribution in [2.75, 3.05) is 26.3 Å². The first kappa shape index (κ1) is 22.6. The average Bonchev–Trinajstić information content (AvgIpc) is 3.59. The number of hydrogen-bond acceptors (Lipinski definition) is 8. The molecule has 1 aliphatic heterocycles. The Balaban J connectivity index is 1.47. The van der Waals surface area contributed by atoms with Crippen molar-refractivity contribution in [1.82, 2.24) is 24.2 Å². The molecule has 2 aromatic heterocycles. The maximum Gasteiger partial charge on any atom is 0.243 e. The largest absolute Gasteiger partial charge is 0.379 e. The number of morpholine rings is 1. The summed E-state index contributed by atoms with van der Waals surface area (Å²) in [4.78, 5) is 0.272. The van der Waals surface area contributed by atoms with Gasteiger partial charge in [0, 0.05) is 30.8 Å². The van der Waals surface area contributed by atoms with Crippen molar-refractivity contribution in [1.29, 1.82) is 0 Å². The van der Waals surface area contributed by atoms with Crippen LogP contribution in [0.5, 0.6) is 0 Å². The molecule has 1 aromatic carbocycles. The highest BCUT2D eigenvalue weighted by atomic mass is 32.2. The molecule has 0 N–H and O–H groups in total. The molecule has 0 amide bonds. The normalized spacial score (nSPS) is 18.2. The molecule has 9 nitrogen and oxygen atoms in total. The molecule has 176 valence electrons. The van der Waals surface area contributed by atoms with E-state index in [1.165, 1.54) is 17.1 Å². The van der Waals surface area contributed by atoms with E-state index in [-0.39, 0.29) is 4.90 Å². The van der Waals surface area contributed by atoms with Crippen LogP contribution in [-0.4, -0.2) is 58.9 Å². The van der Waals surface area contributed by atoms with Crippen LogP contribution in [0.2, 0.25) is 0 Å². The first-order valence-corrected chi connectivity index (χ1v) is 13.6. The van der Waals surface area contributed by atoms with Crippen molar-refractivity contribution >= 4 is 21.8 Å². The molecule has 1 aliphatic carbocycles. The molecule has 33 heavy (non-hydrogen) atoms. The van der Waals surface area contributed by atoms with Gasteiger partial charge in [0.05, 0.1) is 29.6 Å². The third-order valence-electron chi connectivity index (χ3n) is 6.07. The van der Waals surface area contributed by atoms with Gasteiger partial charge in [-0.05, 0) is 31.9 Å². The number of sulfonamides is 1. The minimum atomic E-state index is -3.59. The third kappa shape index (κ3) is 4.72. The van der Waals surface area contributed by atoms with Crippen LogP contribution in [0.25, 0.3) is 11.4 Å². The molecular formula is C22H27N5O4S2. The van der Waals surface area contributed by atoms with Gasteiger partial charge in [0.1, 0.15) is 5.76 Å². The second kappa shape index (κ2) is 9.57. The highest BCUT2D eigenvalue weighted by Crippen LogP contribution is 2.37. The minimum Gasteiger partial charge on any atom is -0.379 e. The van der Waals surface area contributed by atoms with E-state index in [4.69, 9.17) is 9.26 Å². The van der Waals surface area contributed by atoms with E-state index < -0.39 is 10.0 Å². The van der Waals surface area contributed by atoms with Gasteiger partial charge in [-0.2, -0.15) is 4.31 Å². The molecule has 0 spiro atoms. The van der Waals surface area contributed by atoms with Crippen molar-refractivity contribution < 1.29 is 17.7 Å². The van der Waals surface area contributed by atoms with Crippen LogP contribution in [0.1, 0.15) is 43.2 Å². The number of rotatable bonds is 7. The molecule has 2 fully saturated rings. The summed E-state index contributed by atoms with van der Waals surface area (Å²) in [5, 5.41) is 13.7. The zero-order valence-electron chi connectivity index (χ0n) is 18.5. The Morgan fingerprint density at radius 2 is 1.91 bits per heavy atom. The topological polar surface area (TPSA) is 103 Å². The molecule has 2 aliphatic rings. The molecule has 0 bridgehead atoms. The smallest absolute Gasteiger partial charge is 0.243 e. The monoisotopic (exact) mass is 489 g/mol. The molecule has 1 saturated heterocycles. The zero-order chi connectivity index (χ0) is 22.8. The zero-order valence-corrected chi connectivity index (χ0v) is 20.1. The van der Waals surface area contributed by atoms with Gasteiger partial charge < -0.3 is 9.26 Å². The molecule has 5 rings (SSSR count). The summed E-state index contributed by atoms with van der Waals surface area (Å²) >= 11 is 1.56. The Morgan fingerprint density at radius 1 is 1.12 bits per heavy atom. The Kier molecular flexibility index (Phi) is 6.55. The number of benzene rings is 1. The standard InChI is InChI=1S/C22H27N5O4S2/c1-16-13-19(31-25-16)15-32-22-24-23-21(27(22)18-6-2-3-7-18)17-5-4-8-20(14-17)33(28,29)26-9-11-30-12-10-26/h4-5,8,13-14,18H,2-3,6-7,9-12,15H2,1H3. The van der Waals surface area contributed by atoms with Gasteiger partial charge in [0.2, 0.25) is 10.0 Å². The fourth-order valence-electron chi connectivity index (χ4n) is 4.42. The minimum absolute atomic E-state index is 0.272. The van der Waals surface area contributed by atoms with E-state index in [0.717, 1.165) is 35.0 Å². The SMILES string of the molecule is Cc1cc(CSc2nnc(-c3cccc(S(=O)(=O)N4CCOCC4)c3)n2C2CCCC2)on1. The van der Waals surface area contributed by atoms with E-state index in [1.54, 1.807) is 30.0 Å². The summed E-state index contributed by atoms with van der Waals surface area (Å²) in [5.74, 6) is 2.10. The van der Waals surface area contributed by atoms with E-state index in [9.17, 15) is 8.42 Å². The van der Waals surface area contributed by atoms with Gasteiger partial charge >= 0.3 is 0 Å². The number of hydrogen-bond donors (Lipinski definition) is 0. The maximum atomic E-state index is 13.2. The second-order valence-corrected chi connectivity index (χ2v) is 11.3. The number of aromatic nitrogens is 4. The van der Waals surface area contributed by atoms with Crippen LogP contribution in [0.15, 0.2) is 44.9 Å². The van der Waals surface area contributed by atoms with Crippen molar-refractivity contribution in [2.24, 2.45) is 0 Å². The van der Waals surface area contributed by atoms with Gasteiger partial charge in [0.15, 0.2) is 11.0 Å². The lowest BCUT2D eigenvalue weighted by atomic mass is 10.2. The highest BCUT2D eigenvalue weighted by molar-refractivity contribution is 7.98. The predicted octanol–water partition coefficient (Wildman–Crippen LogP) is 3.67. The first-order chi connectivity index (χ1) is 16.0. The molecule has 11 heteroatoms. The van der Waals surface area contributed by atoms with Gasteiger partial charge in [-0.3, -0.25) is 4.57 Å². The summed E-state index contributed by atoms with van der Waals surface area (Å²) in [5.41, 5.74) is 1.60. The predicted molar refractivity (Wildman–Crippen MR) is 123 cm³/mol. The number of ether oxygens (including phenoxy) is 1. The highest BCUT2D eigenvalue weighted by Gasteiger charge is 2.29. The van der Waals surface area contributed by atoms with Crippen molar-refractivity contribution in [2.45, 2.75) is 54.5 Å². The van der Waals surface area contributed by atoms with Gasteiger partial charge in [0.25, 0.3) is 0 Å².